The number of rotatable bonds is 7. The van der Waals surface area contributed by atoms with Crippen LogP contribution >= 0.6 is 0 Å². The molecule has 0 aliphatic heterocycles. The summed E-state index contributed by atoms with van der Waals surface area (Å²) in [5.74, 6) is 5.70. The quantitative estimate of drug-likeness (QED) is 0.382. The van der Waals surface area contributed by atoms with Crippen LogP contribution in [-0.2, 0) is 4.79 Å². The molecule has 5 N–H and O–H groups in total. The van der Waals surface area contributed by atoms with E-state index in [4.69, 9.17) is 11.6 Å². The topological polar surface area (TPSA) is 140 Å². The highest BCUT2D eigenvalue weighted by Gasteiger charge is 2.18. The third kappa shape index (κ3) is 4.02. The van der Waals surface area contributed by atoms with Crippen molar-refractivity contribution in [1.29, 1.82) is 0 Å². The number of hydrazine groups is 1. The van der Waals surface area contributed by atoms with Crippen LogP contribution in [0.2, 0.25) is 0 Å². The second kappa shape index (κ2) is 7.47. The van der Waals surface area contributed by atoms with E-state index in [2.05, 4.69) is 20.3 Å². The normalized spacial score (nSPS) is 11.6. The van der Waals surface area contributed by atoms with E-state index in [1.54, 1.807) is 19.3 Å². The molecule has 126 valence electrons. The summed E-state index contributed by atoms with van der Waals surface area (Å²) < 4.78 is 0. The molecule has 2 aromatic heterocycles. The van der Waals surface area contributed by atoms with Gasteiger partial charge in [-0.1, -0.05) is 0 Å². The Labute approximate surface area is 139 Å². The van der Waals surface area contributed by atoms with Gasteiger partial charge in [-0.3, -0.25) is 14.8 Å². The molecule has 9 heteroatoms. The Morgan fingerprint density at radius 3 is 2.79 bits per heavy atom. The molecule has 0 saturated heterocycles. The molecule has 0 fully saturated rings. The first-order chi connectivity index (χ1) is 11.4. The largest absolute Gasteiger partial charge is 0.364 e. The van der Waals surface area contributed by atoms with Crippen LogP contribution in [0.5, 0.6) is 0 Å². The van der Waals surface area contributed by atoms with Crippen LogP contribution in [0.15, 0.2) is 24.7 Å². The summed E-state index contributed by atoms with van der Waals surface area (Å²) in [6.45, 7) is 3.66. The smallest absolute Gasteiger partial charge is 0.271 e. The fourth-order valence-corrected chi connectivity index (χ4v) is 2.01. The van der Waals surface area contributed by atoms with Gasteiger partial charge < -0.3 is 15.8 Å². The summed E-state index contributed by atoms with van der Waals surface area (Å²) in [7, 11) is 0. The lowest BCUT2D eigenvalue weighted by Gasteiger charge is -2.24. The van der Waals surface area contributed by atoms with Crippen molar-refractivity contribution >= 4 is 29.5 Å². The molecule has 24 heavy (non-hydrogen) atoms. The first-order valence-corrected chi connectivity index (χ1v) is 7.25. The van der Waals surface area contributed by atoms with Gasteiger partial charge >= 0.3 is 0 Å². The van der Waals surface area contributed by atoms with Gasteiger partial charge in [-0.25, -0.2) is 15.8 Å². The number of aryl methyl sites for hydroxylation is 1. The Morgan fingerprint density at radius 1 is 1.42 bits per heavy atom. The maximum Gasteiger partial charge on any atom is 0.271 e. The third-order valence-electron chi connectivity index (χ3n) is 3.31. The number of amides is 1. The zero-order chi connectivity index (χ0) is 17.7. The number of nitrogens with one attached hydrogen (secondary N) is 1. The number of aldehydes is 1. The average Bonchev–Trinajstić information content (AvgIpc) is 2.54. The summed E-state index contributed by atoms with van der Waals surface area (Å²) in [6.07, 6.45) is 5.63. The summed E-state index contributed by atoms with van der Waals surface area (Å²) in [4.78, 5) is 34.6. The van der Waals surface area contributed by atoms with E-state index in [0.717, 1.165) is 11.8 Å². The number of pyridine rings is 1. The number of nitrogens with zero attached hydrogens (tertiary/aromatic N) is 4. The number of hydrogen-bond acceptors (Lipinski definition) is 8. The van der Waals surface area contributed by atoms with Crippen molar-refractivity contribution in [3.8, 4) is 0 Å². The van der Waals surface area contributed by atoms with E-state index in [0.29, 0.717) is 11.5 Å². The average molecular weight is 329 g/mol. The molecule has 2 heterocycles. The highest BCUT2D eigenvalue weighted by molar-refractivity contribution is 5.96. The first-order valence-electron chi connectivity index (χ1n) is 7.25. The molecular weight excluding hydrogens is 310 g/mol. The predicted octanol–water partition coefficient (Wildman–Crippen LogP) is 0.680. The number of nitrogens with two attached hydrogens (primary N) is 2. The number of aromatic nitrogens is 3. The van der Waals surface area contributed by atoms with Gasteiger partial charge in [0.15, 0.2) is 17.3 Å². The zero-order valence-electron chi connectivity index (χ0n) is 13.4. The summed E-state index contributed by atoms with van der Waals surface area (Å²) >= 11 is 0. The van der Waals surface area contributed by atoms with Crippen LogP contribution in [0, 0.1) is 6.92 Å². The zero-order valence-corrected chi connectivity index (χ0v) is 13.4. The summed E-state index contributed by atoms with van der Waals surface area (Å²) in [5.41, 5.74) is 6.89. The molecule has 1 amide bonds. The predicted molar refractivity (Wildman–Crippen MR) is 89.6 cm³/mol. The van der Waals surface area contributed by atoms with Crippen LogP contribution in [-0.4, -0.2) is 33.2 Å². The number of anilines is 3. The van der Waals surface area contributed by atoms with Crippen LogP contribution in [0.4, 0.5) is 17.3 Å². The lowest BCUT2D eigenvalue weighted by molar-refractivity contribution is -0.108. The molecule has 0 bridgehead atoms. The fourth-order valence-electron chi connectivity index (χ4n) is 2.01. The van der Waals surface area contributed by atoms with Gasteiger partial charge in [-0.05, 0) is 25.5 Å². The summed E-state index contributed by atoms with van der Waals surface area (Å²) in [6, 6.07) is 1.56. The molecule has 1 atom stereocenters. The van der Waals surface area contributed by atoms with E-state index in [1.807, 2.05) is 13.0 Å². The van der Waals surface area contributed by atoms with Crippen molar-refractivity contribution in [1.82, 2.24) is 15.0 Å². The molecule has 0 aliphatic rings. The molecule has 0 radical (unpaired) electrons. The van der Waals surface area contributed by atoms with Crippen molar-refractivity contribution in [3.63, 3.8) is 0 Å². The van der Waals surface area contributed by atoms with Crippen molar-refractivity contribution in [2.45, 2.75) is 26.3 Å². The van der Waals surface area contributed by atoms with Gasteiger partial charge in [0.05, 0.1) is 24.1 Å². The fraction of sp³-hybridized carbons (Fsp3) is 0.267. The molecule has 0 aromatic carbocycles. The number of carbonyl (C=O) groups is 2. The van der Waals surface area contributed by atoms with Crippen molar-refractivity contribution in [2.75, 3.05) is 10.3 Å². The molecule has 0 saturated carbocycles. The van der Waals surface area contributed by atoms with Gasteiger partial charge in [0.25, 0.3) is 5.91 Å². The van der Waals surface area contributed by atoms with E-state index < -0.39 is 5.91 Å². The molecule has 0 aliphatic carbocycles. The van der Waals surface area contributed by atoms with Crippen LogP contribution < -0.4 is 21.9 Å². The van der Waals surface area contributed by atoms with Crippen molar-refractivity contribution in [2.24, 2.45) is 11.6 Å². The standard InChI is InChI=1S/C15H19N7O2/c1-9-5-11(7-18-6-9)20-15-13(14(16)24)19-8-12(21-15)22(17)10(2)3-4-23/h4-8,10H,3,17H2,1-2H3,(H2,16,24)(H,20,21)/t10-/m1/s1. The van der Waals surface area contributed by atoms with Gasteiger partial charge in [0.1, 0.15) is 6.29 Å². The molecule has 0 spiro atoms. The van der Waals surface area contributed by atoms with Crippen molar-refractivity contribution < 1.29 is 9.59 Å². The lowest BCUT2D eigenvalue weighted by Crippen LogP contribution is -2.40. The van der Waals surface area contributed by atoms with Crippen LogP contribution in [0.3, 0.4) is 0 Å². The number of primary amides is 1. The van der Waals surface area contributed by atoms with E-state index in [1.165, 1.54) is 11.2 Å². The van der Waals surface area contributed by atoms with Crippen molar-refractivity contribution in [3.05, 3.63) is 35.9 Å². The number of carbonyl (C=O) groups excluding carboxylic acids is 2. The van der Waals surface area contributed by atoms with E-state index >= 15 is 0 Å². The third-order valence-corrected chi connectivity index (χ3v) is 3.31. The summed E-state index contributed by atoms with van der Waals surface area (Å²) in [5, 5.41) is 4.28. The SMILES string of the molecule is Cc1cncc(Nc2nc(N(N)[C@H](C)CC=O)cnc2C(N)=O)c1. The number of hydrogen-bond donors (Lipinski definition) is 3. The highest BCUT2D eigenvalue weighted by Crippen LogP contribution is 2.21. The van der Waals surface area contributed by atoms with E-state index in [-0.39, 0.29) is 24.0 Å². The Kier molecular flexibility index (Phi) is 5.38. The van der Waals surface area contributed by atoms with Gasteiger partial charge in [-0.2, -0.15) is 0 Å². The second-order valence-electron chi connectivity index (χ2n) is 5.32. The monoisotopic (exact) mass is 329 g/mol. The van der Waals surface area contributed by atoms with Gasteiger partial charge in [0, 0.05) is 12.6 Å². The minimum absolute atomic E-state index is 0.0169. The highest BCUT2D eigenvalue weighted by atomic mass is 16.1. The Balaban J connectivity index is 2.38. The molecular formula is C15H19N7O2. The molecule has 2 rings (SSSR count). The first kappa shape index (κ1) is 17.3. The molecule has 9 nitrogen and oxygen atoms in total. The maximum atomic E-state index is 11.6. The van der Waals surface area contributed by atoms with Crippen LogP contribution in [0.1, 0.15) is 29.4 Å². The minimum atomic E-state index is -0.721. The Hall–Kier alpha value is -3.07. The van der Waals surface area contributed by atoms with Gasteiger partial charge in [0.2, 0.25) is 0 Å². The maximum absolute atomic E-state index is 11.6. The van der Waals surface area contributed by atoms with Gasteiger partial charge in [-0.15, -0.1) is 0 Å². The minimum Gasteiger partial charge on any atom is -0.364 e. The Morgan fingerprint density at radius 2 is 2.17 bits per heavy atom. The Bertz CT molecular complexity index is 750. The van der Waals surface area contributed by atoms with E-state index in [9.17, 15) is 9.59 Å². The molecule has 0 unspecified atom stereocenters. The lowest BCUT2D eigenvalue weighted by atomic mass is 10.2. The van der Waals surface area contributed by atoms with Crippen LogP contribution in [0.25, 0.3) is 0 Å². The second-order valence-corrected chi connectivity index (χ2v) is 5.32. The molecule has 2 aromatic rings.